The number of hydrogen-bond donors (Lipinski definition) is 0. The first-order chi connectivity index (χ1) is 9.93. The third-order valence-corrected chi connectivity index (χ3v) is 4.68. The van der Waals surface area contributed by atoms with Gasteiger partial charge in [0.1, 0.15) is 16.7 Å². The summed E-state index contributed by atoms with van der Waals surface area (Å²) in [6.07, 6.45) is 1.19. The van der Waals surface area contributed by atoms with Crippen LogP contribution < -0.4 is 0 Å². The number of aryl methyl sites for hydroxylation is 1. The normalized spacial score (nSPS) is 11.3. The molecule has 0 bridgehead atoms. The van der Waals surface area contributed by atoms with Crippen LogP contribution in [-0.2, 0) is 16.6 Å². The van der Waals surface area contributed by atoms with Crippen LogP contribution in [0.4, 0.5) is 0 Å². The number of pyridine rings is 2. The van der Waals surface area contributed by atoms with Crippen LogP contribution in [0.25, 0.3) is 0 Å². The van der Waals surface area contributed by atoms with E-state index in [1.807, 2.05) is 25.1 Å². The highest BCUT2D eigenvalue weighted by molar-refractivity contribution is 7.89. The first-order valence-electron chi connectivity index (χ1n) is 6.18. The lowest BCUT2D eigenvalue weighted by Crippen LogP contribution is -2.27. The van der Waals surface area contributed by atoms with Crippen LogP contribution in [-0.4, -0.2) is 29.7 Å². The van der Waals surface area contributed by atoms with E-state index in [0.29, 0.717) is 5.69 Å². The van der Waals surface area contributed by atoms with Gasteiger partial charge in [-0.1, -0.05) is 6.07 Å². The quantitative estimate of drug-likeness (QED) is 0.853. The van der Waals surface area contributed by atoms with Gasteiger partial charge in [-0.25, -0.2) is 13.4 Å². The zero-order chi connectivity index (χ0) is 15.5. The fraction of sp³-hybridized carbons (Fsp3) is 0.214. The smallest absolute Gasteiger partial charge is 0.244 e. The molecule has 0 aliphatic carbocycles. The number of nitriles is 1. The van der Waals surface area contributed by atoms with Gasteiger partial charge in [-0.15, -0.1) is 0 Å². The summed E-state index contributed by atoms with van der Waals surface area (Å²) >= 11 is 0. The molecule has 2 heterocycles. The molecule has 0 spiro atoms. The Labute approximate surface area is 123 Å². The summed E-state index contributed by atoms with van der Waals surface area (Å²) in [7, 11) is -2.17. The predicted octanol–water partition coefficient (Wildman–Crippen LogP) is 1.48. The molecule has 21 heavy (non-hydrogen) atoms. The molecule has 2 aromatic heterocycles. The number of sulfonamides is 1. The van der Waals surface area contributed by atoms with Crippen molar-refractivity contribution in [2.24, 2.45) is 0 Å². The molecule has 0 aromatic carbocycles. The predicted molar refractivity (Wildman–Crippen MR) is 76.6 cm³/mol. The van der Waals surface area contributed by atoms with E-state index in [2.05, 4.69) is 9.97 Å². The van der Waals surface area contributed by atoms with Crippen LogP contribution in [0.2, 0.25) is 0 Å². The number of aromatic nitrogens is 2. The fourth-order valence-electron chi connectivity index (χ4n) is 1.78. The summed E-state index contributed by atoms with van der Waals surface area (Å²) in [4.78, 5) is 8.12. The van der Waals surface area contributed by atoms with Crippen molar-refractivity contribution < 1.29 is 8.42 Å². The topological polar surface area (TPSA) is 87.0 Å². The Hall–Kier alpha value is -2.30. The molecule has 0 radical (unpaired) electrons. The van der Waals surface area contributed by atoms with Gasteiger partial charge in [-0.05, 0) is 31.2 Å². The molecule has 2 aromatic rings. The van der Waals surface area contributed by atoms with Crippen LogP contribution >= 0.6 is 0 Å². The van der Waals surface area contributed by atoms with Gasteiger partial charge < -0.3 is 0 Å². The highest BCUT2D eigenvalue weighted by Crippen LogP contribution is 2.15. The molecule has 0 saturated heterocycles. The second-order valence-corrected chi connectivity index (χ2v) is 6.57. The minimum absolute atomic E-state index is 0.0525. The second-order valence-electron chi connectivity index (χ2n) is 4.52. The molecule has 0 amide bonds. The standard InChI is InChI=1S/C14H14N4O2S/c1-11-4-3-5-13(17-11)10-18(2)21(19,20)14-7-6-12(8-15)16-9-14/h3-7,9H,10H2,1-2H3. The van der Waals surface area contributed by atoms with Gasteiger partial charge in [-0.2, -0.15) is 9.57 Å². The maximum Gasteiger partial charge on any atom is 0.244 e. The van der Waals surface area contributed by atoms with Crippen LogP contribution in [0.5, 0.6) is 0 Å². The van der Waals surface area contributed by atoms with Crippen molar-refractivity contribution in [3.8, 4) is 6.07 Å². The van der Waals surface area contributed by atoms with Gasteiger partial charge in [0.05, 0.1) is 12.2 Å². The third kappa shape index (κ3) is 3.42. The minimum atomic E-state index is -3.65. The third-order valence-electron chi connectivity index (χ3n) is 2.89. The van der Waals surface area contributed by atoms with Crippen LogP contribution in [0.1, 0.15) is 17.1 Å². The highest BCUT2D eigenvalue weighted by atomic mass is 32.2. The van der Waals surface area contributed by atoms with Gasteiger partial charge >= 0.3 is 0 Å². The second kappa shape index (κ2) is 5.99. The molecule has 0 saturated carbocycles. The monoisotopic (exact) mass is 302 g/mol. The molecule has 0 aliphatic heterocycles. The lowest BCUT2D eigenvalue weighted by Gasteiger charge is -2.16. The van der Waals surface area contributed by atoms with Crippen molar-refractivity contribution in [1.82, 2.24) is 14.3 Å². The number of rotatable bonds is 4. The van der Waals surface area contributed by atoms with Gasteiger partial charge in [0.15, 0.2) is 0 Å². The molecular weight excluding hydrogens is 288 g/mol. The molecule has 0 aliphatic rings. The molecule has 108 valence electrons. The van der Waals surface area contributed by atoms with E-state index in [9.17, 15) is 8.42 Å². The Morgan fingerprint density at radius 3 is 2.62 bits per heavy atom. The van der Waals surface area contributed by atoms with E-state index in [0.717, 1.165) is 5.69 Å². The van der Waals surface area contributed by atoms with E-state index >= 15 is 0 Å². The molecule has 6 nitrogen and oxygen atoms in total. The molecule has 0 fully saturated rings. The van der Waals surface area contributed by atoms with Gasteiger partial charge in [-0.3, -0.25) is 4.98 Å². The maximum absolute atomic E-state index is 12.4. The number of nitrogens with zero attached hydrogens (tertiary/aromatic N) is 4. The molecule has 0 N–H and O–H groups in total. The van der Waals surface area contributed by atoms with Crippen molar-refractivity contribution in [2.75, 3.05) is 7.05 Å². The molecular formula is C14H14N4O2S. The van der Waals surface area contributed by atoms with Crippen LogP contribution in [0.15, 0.2) is 41.4 Å². The summed E-state index contributed by atoms with van der Waals surface area (Å²) in [5.41, 5.74) is 1.68. The van der Waals surface area contributed by atoms with Crippen LogP contribution in [0.3, 0.4) is 0 Å². The van der Waals surface area contributed by atoms with Crippen molar-refractivity contribution in [2.45, 2.75) is 18.4 Å². The molecule has 0 atom stereocenters. The zero-order valence-corrected chi connectivity index (χ0v) is 12.5. The highest BCUT2D eigenvalue weighted by Gasteiger charge is 2.21. The summed E-state index contributed by atoms with van der Waals surface area (Å²) in [5, 5.41) is 8.68. The SMILES string of the molecule is Cc1cccc(CN(C)S(=O)(=O)c2ccc(C#N)nc2)n1. The lowest BCUT2D eigenvalue weighted by atomic mass is 10.3. The Morgan fingerprint density at radius 1 is 1.29 bits per heavy atom. The summed E-state index contributed by atoms with van der Waals surface area (Å²) < 4.78 is 26.0. The summed E-state index contributed by atoms with van der Waals surface area (Å²) in [6.45, 7) is 2.02. The molecule has 0 unspecified atom stereocenters. The first kappa shape index (κ1) is 15.1. The summed E-state index contributed by atoms with van der Waals surface area (Å²) in [5.74, 6) is 0. The van der Waals surface area contributed by atoms with E-state index in [-0.39, 0.29) is 17.1 Å². The molecule has 2 rings (SSSR count). The largest absolute Gasteiger partial charge is 0.257 e. The average molecular weight is 302 g/mol. The van der Waals surface area contributed by atoms with E-state index in [1.165, 1.54) is 29.7 Å². The van der Waals surface area contributed by atoms with E-state index in [4.69, 9.17) is 5.26 Å². The van der Waals surface area contributed by atoms with Gasteiger partial charge in [0.25, 0.3) is 0 Å². The first-order valence-corrected chi connectivity index (χ1v) is 7.62. The van der Waals surface area contributed by atoms with E-state index < -0.39 is 10.0 Å². The Bertz CT molecular complexity index is 779. The number of hydrogen-bond acceptors (Lipinski definition) is 5. The Balaban J connectivity index is 2.24. The van der Waals surface area contributed by atoms with Crippen molar-refractivity contribution in [3.63, 3.8) is 0 Å². The summed E-state index contributed by atoms with van der Waals surface area (Å²) in [6, 6.07) is 10.1. The fourth-order valence-corrected chi connectivity index (χ4v) is 2.87. The van der Waals surface area contributed by atoms with Crippen molar-refractivity contribution in [3.05, 3.63) is 53.6 Å². The Kier molecular flexibility index (Phi) is 4.31. The lowest BCUT2D eigenvalue weighted by molar-refractivity contribution is 0.461. The van der Waals surface area contributed by atoms with E-state index in [1.54, 1.807) is 6.07 Å². The van der Waals surface area contributed by atoms with Crippen molar-refractivity contribution >= 4 is 10.0 Å². The van der Waals surface area contributed by atoms with Gasteiger partial charge in [0.2, 0.25) is 10.0 Å². The zero-order valence-electron chi connectivity index (χ0n) is 11.7. The molecule has 7 heteroatoms. The van der Waals surface area contributed by atoms with Crippen LogP contribution in [0, 0.1) is 18.3 Å². The van der Waals surface area contributed by atoms with Gasteiger partial charge in [0, 0.05) is 18.9 Å². The van der Waals surface area contributed by atoms with Crippen molar-refractivity contribution in [1.29, 1.82) is 5.26 Å². The maximum atomic E-state index is 12.4. The average Bonchev–Trinajstić information content (AvgIpc) is 2.47. The minimum Gasteiger partial charge on any atom is -0.257 e. The Morgan fingerprint density at radius 2 is 2.05 bits per heavy atom.